The molecule has 0 radical (unpaired) electrons. The van der Waals surface area contributed by atoms with Gasteiger partial charge in [0, 0.05) is 12.6 Å². The van der Waals surface area contributed by atoms with Gasteiger partial charge in [-0.3, -0.25) is 4.99 Å². The van der Waals surface area contributed by atoms with E-state index in [0.29, 0.717) is 6.04 Å². The molecule has 0 fully saturated rings. The third-order valence-corrected chi connectivity index (χ3v) is 3.77. The van der Waals surface area contributed by atoms with E-state index in [-0.39, 0.29) is 0 Å². The number of nitrogens with zero attached hydrogens (tertiary/aromatic N) is 1. The van der Waals surface area contributed by atoms with Gasteiger partial charge in [0.2, 0.25) is 0 Å². The summed E-state index contributed by atoms with van der Waals surface area (Å²) in [6.45, 7) is 4.13. The molecule has 0 bridgehead atoms. The first-order valence-corrected chi connectivity index (χ1v) is 7.97. The van der Waals surface area contributed by atoms with Crippen molar-refractivity contribution in [2.24, 2.45) is 4.99 Å². The molecule has 0 spiro atoms. The number of aliphatic imine (C=N–C) groups is 1. The minimum Gasteiger partial charge on any atom is -0.356 e. The number of guanidine groups is 1. The Hall–Kier alpha value is -1.51. The van der Waals surface area contributed by atoms with Crippen molar-refractivity contribution in [1.29, 1.82) is 0 Å². The Morgan fingerprint density at radius 1 is 1.20 bits per heavy atom. The number of benzene rings is 1. The first-order valence-electron chi connectivity index (χ1n) is 7.97. The summed E-state index contributed by atoms with van der Waals surface area (Å²) in [7, 11) is 0. The molecule has 1 aromatic rings. The molecule has 2 rings (SSSR count). The third-order valence-electron chi connectivity index (χ3n) is 3.77. The van der Waals surface area contributed by atoms with E-state index in [0.717, 1.165) is 25.5 Å². The maximum Gasteiger partial charge on any atom is 0.191 e. The van der Waals surface area contributed by atoms with E-state index in [1.807, 2.05) is 0 Å². The van der Waals surface area contributed by atoms with E-state index in [1.54, 1.807) is 0 Å². The fraction of sp³-hybridized carbons (Fsp3) is 0.588. The maximum absolute atomic E-state index is 4.54. The number of unbranched alkanes of at least 4 members (excludes halogenated alkanes) is 3. The minimum atomic E-state index is 0.547. The van der Waals surface area contributed by atoms with Crippen LogP contribution in [0.3, 0.4) is 0 Å². The highest BCUT2D eigenvalue weighted by molar-refractivity contribution is 5.81. The fourth-order valence-electron chi connectivity index (χ4n) is 2.54. The summed E-state index contributed by atoms with van der Waals surface area (Å²) in [6, 6.07) is 11.1. The van der Waals surface area contributed by atoms with Crippen molar-refractivity contribution < 1.29 is 0 Å². The number of nitrogens with one attached hydrogen (secondary N) is 2. The van der Waals surface area contributed by atoms with E-state index < -0.39 is 0 Å². The largest absolute Gasteiger partial charge is 0.356 e. The van der Waals surface area contributed by atoms with Gasteiger partial charge in [-0.15, -0.1) is 0 Å². The average molecular weight is 273 g/mol. The lowest BCUT2D eigenvalue weighted by atomic mass is 10.1. The molecule has 1 aliphatic rings. The normalized spacial score (nSPS) is 17.6. The summed E-state index contributed by atoms with van der Waals surface area (Å²) in [4.78, 5) is 4.54. The van der Waals surface area contributed by atoms with Crippen molar-refractivity contribution in [2.75, 3.05) is 13.1 Å². The first-order chi connectivity index (χ1) is 9.88. The van der Waals surface area contributed by atoms with Crippen molar-refractivity contribution in [3.05, 3.63) is 35.9 Å². The van der Waals surface area contributed by atoms with Gasteiger partial charge >= 0.3 is 0 Å². The average Bonchev–Trinajstić information content (AvgIpc) is 2.93. The summed E-state index contributed by atoms with van der Waals surface area (Å²) in [5.41, 5.74) is 1.37. The standard InChI is InChI=1S/C17H27N3/c1-2-3-4-8-11-16-14-19-17(20-16)18-13-12-15-9-6-5-7-10-15/h5-7,9-10,16H,2-4,8,11-14H2,1H3,(H2,18,19,20). The second-order valence-electron chi connectivity index (χ2n) is 5.54. The molecule has 1 atom stereocenters. The number of hydrogen-bond donors (Lipinski definition) is 2. The highest BCUT2D eigenvalue weighted by Gasteiger charge is 2.15. The molecule has 1 heterocycles. The van der Waals surface area contributed by atoms with Gasteiger partial charge in [-0.2, -0.15) is 0 Å². The summed E-state index contributed by atoms with van der Waals surface area (Å²) >= 11 is 0. The summed E-state index contributed by atoms with van der Waals surface area (Å²) in [5.74, 6) is 0.987. The molecule has 1 aliphatic heterocycles. The van der Waals surface area contributed by atoms with Crippen molar-refractivity contribution in [2.45, 2.75) is 51.5 Å². The first kappa shape index (κ1) is 14.9. The topological polar surface area (TPSA) is 36.4 Å². The Bertz CT molecular complexity index is 400. The minimum absolute atomic E-state index is 0.547. The molecule has 0 saturated heterocycles. The zero-order valence-electron chi connectivity index (χ0n) is 12.6. The van der Waals surface area contributed by atoms with Crippen LogP contribution in [0, 0.1) is 0 Å². The maximum atomic E-state index is 4.54. The molecule has 20 heavy (non-hydrogen) atoms. The van der Waals surface area contributed by atoms with Gasteiger partial charge in [0.25, 0.3) is 0 Å². The zero-order chi connectivity index (χ0) is 14.0. The highest BCUT2D eigenvalue weighted by atomic mass is 15.2. The molecule has 3 nitrogen and oxygen atoms in total. The van der Waals surface area contributed by atoms with Gasteiger partial charge < -0.3 is 10.6 Å². The van der Waals surface area contributed by atoms with Crippen LogP contribution in [0.25, 0.3) is 0 Å². The second-order valence-corrected chi connectivity index (χ2v) is 5.54. The van der Waals surface area contributed by atoms with Gasteiger partial charge in [-0.25, -0.2) is 0 Å². The van der Waals surface area contributed by atoms with E-state index in [2.05, 4.69) is 52.9 Å². The van der Waals surface area contributed by atoms with Gasteiger partial charge in [0.1, 0.15) is 0 Å². The van der Waals surface area contributed by atoms with Crippen LogP contribution in [-0.4, -0.2) is 25.1 Å². The number of rotatable bonds is 8. The smallest absolute Gasteiger partial charge is 0.191 e. The Morgan fingerprint density at radius 3 is 2.85 bits per heavy atom. The highest BCUT2D eigenvalue weighted by Crippen LogP contribution is 2.08. The molecule has 1 unspecified atom stereocenters. The molecule has 3 heteroatoms. The molecule has 110 valence electrons. The quantitative estimate of drug-likeness (QED) is 0.714. The molecule has 0 amide bonds. The SMILES string of the molecule is CCCCCCC1CN=C(NCCc2ccccc2)N1. The molecule has 0 aliphatic carbocycles. The van der Waals surface area contributed by atoms with Crippen molar-refractivity contribution in [3.8, 4) is 0 Å². The lowest BCUT2D eigenvalue weighted by Crippen LogP contribution is -2.39. The summed E-state index contributed by atoms with van der Waals surface area (Å²) in [5, 5.41) is 6.89. The van der Waals surface area contributed by atoms with Crippen molar-refractivity contribution >= 4 is 5.96 Å². The van der Waals surface area contributed by atoms with Crippen LogP contribution in [-0.2, 0) is 6.42 Å². The van der Waals surface area contributed by atoms with Gasteiger partial charge in [-0.05, 0) is 18.4 Å². The Kier molecular flexibility index (Phi) is 6.42. The van der Waals surface area contributed by atoms with Crippen LogP contribution < -0.4 is 10.6 Å². The van der Waals surface area contributed by atoms with Crippen LogP contribution in [0.5, 0.6) is 0 Å². The Balaban J connectivity index is 1.57. The van der Waals surface area contributed by atoms with Crippen LogP contribution in [0.1, 0.15) is 44.6 Å². The van der Waals surface area contributed by atoms with Crippen LogP contribution in [0.15, 0.2) is 35.3 Å². The van der Waals surface area contributed by atoms with Gasteiger partial charge in [0.15, 0.2) is 5.96 Å². The van der Waals surface area contributed by atoms with Crippen molar-refractivity contribution in [1.82, 2.24) is 10.6 Å². The predicted molar refractivity (Wildman–Crippen MR) is 86.1 cm³/mol. The summed E-state index contributed by atoms with van der Waals surface area (Å²) < 4.78 is 0. The molecule has 1 aromatic carbocycles. The van der Waals surface area contributed by atoms with E-state index in [9.17, 15) is 0 Å². The Labute approximate surface area is 122 Å². The third kappa shape index (κ3) is 5.24. The Morgan fingerprint density at radius 2 is 2.05 bits per heavy atom. The monoisotopic (exact) mass is 273 g/mol. The lowest BCUT2D eigenvalue weighted by Gasteiger charge is -2.12. The van der Waals surface area contributed by atoms with Crippen LogP contribution in [0.2, 0.25) is 0 Å². The predicted octanol–water partition coefficient (Wildman–Crippen LogP) is 3.12. The fourth-order valence-corrected chi connectivity index (χ4v) is 2.54. The second kappa shape index (κ2) is 8.62. The molecular formula is C17H27N3. The summed E-state index contributed by atoms with van der Waals surface area (Å²) in [6.07, 6.45) is 7.62. The van der Waals surface area contributed by atoms with Gasteiger partial charge in [0.05, 0.1) is 6.54 Å². The lowest BCUT2D eigenvalue weighted by molar-refractivity contribution is 0.538. The van der Waals surface area contributed by atoms with Crippen LogP contribution in [0.4, 0.5) is 0 Å². The number of hydrogen-bond acceptors (Lipinski definition) is 3. The molecule has 0 saturated carbocycles. The molecule has 0 aromatic heterocycles. The van der Waals surface area contributed by atoms with Crippen LogP contribution >= 0.6 is 0 Å². The van der Waals surface area contributed by atoms with E-state index >= 15 is 0 Å². The molecular weight excluding hydrogens is 246 g/mol. The van der Waals surface area contributed by atoms with Crippen molar-refractivity contribution in [3.63, 3.8) is 0 Å². The zero-order valence-corrected chi connectivity index (χ0v) is 12.6. The van der Waals surface area contributed by atoms with Gasteiger partial charge in [-0.1, -0.05) is 62.9 Å². The van der Waals surface area contributed by atoms with E-state index in [4.69, 9.17) is 0 Å². The van der Waals surface area contributed by atoms with E-state index in [1.165, 1.54) is 37.7 Å². The molecule has 2 N–H and O–H groups in total.